The Morgan fingerprint density at radius 2 is 1.77 bits per heavy atom. The molecule has 1 saturated heterocycles. The molecule has 9 heteroatoms. The van der Waals surface area contributed by atoms with Gasteiger partial charge in [0.15, 0.2) is 6.61 Å². The van der Waals surface area contributed by atoms with Crippen LogP contribution in [0.3, 0.4) is 0 Å². The highest BCUT2D eigenvalue weighted by atomic mass is 32.2. The highest BCUT2D eigenvalue weighted by molar-refractivity contribution is 7.89. The monoisotopic (exact) mass is 432 g/mol. The third kappa shape index (κ3) is 5.44. The molecule has 2 aromatic carbocycles. The molecule has 1 aliphatic heterocycles. The van der Waals surface area contributed by atoms with Crippen LogP contribution in [-0.4, -0.2) is 51.4 Å². The van der Waals surface area contributed by atoms with Crippen LogP contribution in [0.2, 0.25) is 0 Å². The molecule has 2 aromatic rings. The lowest BCUT2D eigenvalue weighted by Gasteiger charge is -2.16. The van der Waals surface area contributed by atoms with Crippen molar-refractivity contribution < 1.29 is 27.5 Å². The first kappa shape index (κ1) is 21.9. The molecule has 1 aliphatic rings. The highest BCUT2D eigenvalue weighted by Crippen LogP contribution is 2.23. The van der Waals surface area contributed by atoms with Crippen molar-refractivity contribution in [2.24, 2.45) is 0 Å². The largest absolute Gasteiger partial charge is 0.452 e. The van der Waals surface area contributed by atoms with Crippen LogP contribution in [0.1, 0.15) is 28.8 Å². The summed E-state index contributed by atoms with van der Waals surface area (Å²) in [6, 6.07) is 12.7. The Labute approximate surface area is 175 Å². The summed E-state index contributed by atoms with van der Waals surface area (Å²) in [4.78, 5) is 24.3. The second-order valence-corrected chi connectivity index (χ2v) is 8.83. The lowest BCUT2D eigenvalue weighted by Crippen LogP contribution is -2.28. The number of esters is 1. The molecule has 3 rings (SSSR count). The summed E-state index contributed by atoms with van der Waals surface area (Å²) >= 11 is 0. The Balaban J connectivity index is 1.56. The summed E-state index contributed by atoms with van der Waals surface area (Å²) in [5, 5.41) is 2.56. The van der Waals surface area contributed by atoms with Crippen LogP contribution < -0.4 is 5.32 Å². The first-order chi connectivity index (χ1) is 14.4. The molecule has 0 bridgehead atoms. The average Bonchev–Trinajstić information content (AvgIpc) is 3.29. The van der Waals surface area contributed by atoms with Gasteiger partial charge in [-0.15, -0.1) is 0 Å². The summed E-state index contributed by atoms with van der Waals surface area (Å²) in [7, 11) is -2.00. The number of rotatable bonds is 8. The van der Waals surface area contributed by atoms with E-state index in [2.05, 4.69) is 5.32 Å². The SMILES string of the molecule is COCc1ccc(C(=O)OCC(=O)Nc2cccc(S(=O)(=O)N3CCCC3)c2)cc1. The van der Waals surface area contributed by atoms with Gasteiger partial charge in [0.05, 0.1) is 17.1 Å². The summed E-state index contributed by atoms with van der Waals surface area (Å²) < 4.78 is 36.8. The number of carbonyl (C=O) groups excluding carboxylic acids is 2. The van der Waals surface area contributed by atoms with Crippen molar-refractivity contribution in [1.82, 2.24) is 4.31 Å². The third-order valence-corrected chi connectivity index (χ3v) is 6.55. The molecule has 1 fully saturated rings. The first-order valence-corrected chi connectivity index (χ1v) is 11.0. The van der Waals surface area contributed by atoms with Crippen molar-refractivity contribution in [3.05, 3.63) is 59.7 Å². The third-order valence-electron chi connectivity index (χ3n) is 4.66. The topological polar surface area (TPSA) is 102 Å². The molecule has 0 aliphatic carbocycles. The summed E-state index contributed by atoms with van der Waals surface area (Å²) in [6.07, 6.45) is 1.69. The van der Waals surface area contributed by atoms with E-state index < -0.39 is 28.5 Å². The van der Waals surface area contributed by atoms with Gasteiger partial charge in [-0.05, 0) is 48.7 Å². The van der Waals surface area contributed by atoms with E-state index in [1.165, 1.54) is 16.4 Å². The maximum Gasteiger partial charge on any atom is 0.338 e. The second kappa shape index (κ2) is 9.84. The minimum absolute atomic E-state index is 0.121. The number of anilines is 1. The van der Waals surface area contributed by atoms with E-state index in [1.54, 1.807) is 43.5 Å². The van der Waals surface area contributed by atoms with Gasteiger partial charge in [-0.3, -0.25) is 4.79 Å². The summed E-state index contributed by atoms with van der Waals surface area (Å²) in [5.74, 6) is -1.19. The Hall–Kier alpha value is -2.75. The number of amides is 1. The predicted molar refractivity (Wildman–Crippen MR) is 111 cm³/mol. The molecule has 0 aromatic heterocycles. The standard InChI is InChI=1S/C21H24N2O6S/c1-28-14-16-7-9-17(10-8-16)21(25)29-15-20(24)22-18-5-4-6-19(13-18)30(26,27)23-11-2-3-12-23/h4-10,13H,2-3,11-12,14-15H2,1H3,(H,22,24). The number of ether oxygens (including phenoxy) is 2. The second-order valence-electron chi connectivity index (χ2n) is 6.89. The molecule has 30 heavy (non-hydrogen) atoms. The van der Waals surface area contributed by atoms with Crippen LogP contribution in [0.5, 0.6) is 0 Å². The molecule has 0 radical (unpaired) electrons. The zero-order valence-electron chi connectivity index (χ0n) is 16.7. The Kier molecular flexibility index (Phi) is 7.20. The molecule has 0 unspecified atom stereocenters. The number of nitrogens with zero attached hydrogens (tertiary/aromatic N) is 1. The van der Waals surface area contributed by atoms with Crippen LogP contribution in [0.25, 0.3) is 0 Å². The van der Waals surface area contributed by atoms with Gasteiger partial charge in [-0.25, -0.2) is 13.2 Å². The fourth-order valence-electron chi connectivity index (χ4n) is 3.13. The fourth-order valence-corrected chi connectivity index (χ4v) is 4.69. The van der Waals surface area contributed by atoms with Crippen molar-refractivity contribution in [1.29, 1.82) is 0 Å². The number of nitrogens with one attached hydrogen (secondary N) is 1. The summed E-state index contributed by atoms with van der Waals surface area (Å²) in [5.41, 5.74) is 1.55. The maximum atomic E-state index is 12.6. The zero-order valence-corrected chi connectivity index (χ0v) is 17.5. The van der Waals surface area contributed by atoms with Gasteiger partial charge >= 0.3 is 5.97 Å². The molecule has 0 saturated carbocycles. The summed E-state index contributed by atoms with van der Waals surface area (Å²) in [6.45, 7) is 0.953. The first-order valence-electron chi connectivity index (χ1n) is 9.55. The molecule has 0 spiro atoms. The van der Waals surface area contributed by atoms with Crippen LogP contribution in [0.4, 0.5) is 5.69 Å². The van der Waals surface area contributed by atoms with Gasteiger partial charge in [-0.2, -0.15) is 4.31 Å². The normalized spacial score (nSPS) is 14.4. The van der Waals surface area contributed by atoms with Crippen LogP contribution in [0, 0.1) is 0 Å². The number of hydrogen-bond donors (Lipinski definition) is 1. The molecular formula is C21H24N2O6S. The van der Waals surface area contributed by atoms with Gasteiger partial charge in [0.2, 0.25) is 10.0 Å². The van der Waals surface area contributed by atoms with Gasteiger partial charge in [0.25, 0.3) is 5.91 Å². The smallest absolute Gasteiger partial charge is 0.338 e. The maximum absolute atomic E-state index is 12.6. The fraction of sp³-hybridized carbons (Fsp3) is 0.333. The van der Waals surface area contributed by atoms with Gasteiger partial charge in [-0.1, -0.05) is 18.2 Å². The van der Waals surface area contributed by atoms with E-state index in [4.69, 9.17) is 9.47 Å². The number of methoxy groups -OCH3 is 1. The minimum atomic E-state index is -3.58. The lowest BCUT2D eigenvalue weighted by molar-refractivity contribution is -0.119. The van der Waals surface area contributed by atoms with Gasteiger partial charge in [0.1, 0.15) is 0 Å². The minimum Gasteiger partial charge on any atom is -0.452 e. The molecule has 0 atom stereocenters. The van der Waals surface area contributed by atoms with E-state index in [0.29, 0.717) is 30.9 Å². The Morgan fingerprint density at radius 1 is 1.07 bits per heavy atom. The molecule has 1 amide bonds. The molecule has 1 N–H and O–H groups in total. The molecular weight excluding hydrogens is 408 g/mol. The van der Waals surface area contributed by atoms with Crippen molar-refractivity contribution in [2.75, 3.05) is 32.1 Å². The predicted octanol–water partition coefficient (Wildman–Crippen LogP) is 2.41. The van der Waals surface area contributed by atoms with Crippen molar-refractivity contribution >= 4 is 27.6 Å². The van der Waals surface area contributed by atoms with Gasteiger partial charge < -0.3 is 14.8 Å². The van der Waals surface area contributed by atoms with E-state index in [1.807, 2.05) is 0 Å². The number of benzene rings is 2. The van der Waals surface area contributed by atoms with Gasteiger partial charge in [0, 0.05) is 25.9 Å². The van der Waals surface area contributed by atoms with E-state index in [9.17, 15) is 18.0 Å². The number of sulfonamides is 1. The Bertz CT molecular complexity index is 998. The zero-order chi connectivity index (χ0) is 21.6. The van der Waals surface area contributed by atoms with E-state index in [-0.39, 0.29) is 4.90 Å². The highest BCUT2D eigenvalue weighted by Gasteiger charge is 2.27. The Morgan fingerprint density at radius 3 is 2.43 bits per heavy atom. The van der Waals surface area contributed by atoms with E-state index in [0.717, 1.165) is 18.4 Å². The van der Waals surface area contributed by atoms with Crippen molar-refractivity contribution in [2.45, 2.75) is 24.3 Å². The molecule has 8 nitrogen and oxygen atoms in total. The lowest BCUT2D eigenvalue weighted by atomic mass is 10.1. The number of hydrogen-bond acceptors (Lipinski definition) is 6. The van der Waals surface area contributed by atoms with Crippen LogP contribution in [0.15, 0.2) is 53.4 Å². The molecule has 160 valence electrons. The van der Waals surface area contributed by atoms with Crippen LogP contribution >= 0.6 is 0 Å². The average molecular weight is 432 g/mol. The molecule has 1 heterocycles. The van der Waals surface area contributed by atoms with Crippen LogP contribution in [-0.2, 0) is 30.9 Å². The quantitative estimate of drug-likeness (QED) is 0.643. The van der Waals surface area contributed by atoms with Crippen molar-refractivity contribution in [3.8, 4) is 0 Å². The van der Waals surface area contributed by atoms with Crippen molar-refractivity contribution in [3.63, 3.8) is 0 Å². The van der Waals surface area contributed by atoms with E-state index >= 15 is 0 Å². The number of carbonyl (C=O) groups is 2.